The molecule has 0 atom stereocenters. The van der Waals surface area contributed by atoms with Crippen molar-refractivity contribution in [3.63, 3.8) is 0 Å². The molecule has 24 heavy (non-hydrogen) atoms. The average Bonchev–Trinajstić information content (AvgIpc) is 2.54. The number of nitrogens with one attached hydrogen (secondary N) is 1. The number of rotatable bonds is 6. The van der Waals surface area contributed by atoms with Crippen molar-refractivity contribution in [3.05, 3.63) is 58.1 Å². The van der Waals surface area contributed by atoms with Crippen molar-refractivity contribution in [1.29, 1.82) is 0 Å². The van der Waals surface area contributed by atoms with E-state index in [0.29, 0.717) is 22.1 Å². The minimum absolute atomic E-state index is 0.117. The predicted molar refractivity (Wildman–Crippen MR) is 95.2 cm³/mol. The number of hydrogen-bond acceptors (Lipinski definition) is 4. The largest absolute Gasteiger partial charge is 0.496 e. The molecular weight excluding hydrogens is 328 g/mol. The normalized spacial score (nSPS) is 10.7. The zero-order valence-electron chi connectivity index (χ0n) is 13.8. The van der Waals surface area contributed by atoms with Crippen molar-refractivity contribution in [1.82, 2.24) is 5.43 Å². The van der Waals surface area contributed by atoms with Crippen molar-refractivity contribution >= 4 is 23.7 Å². The molecule has 0 aliphatic carbocycles. The topological polar surface area (TPSA) is 59.9 Å². The molecule has 0 fully saturated rings. The Morgan fingerprint density at radius 3 is 2.67 bits per heavy atom. The molecule has 0 bridgehead atoms. The molecule has 5 nitrogen and oxygen atoms in total. The lowest BCUT2D eigenvalue weighted by atomic mass is 10.1. The second-order valence-electron chi connectivity index (χ2n) is 5.24. The van der Waals surface area contributed by atoms with Gasteiger partial charge >= 0.3 is 0 Å². The maximum atomic E-state index is 11.8. The molecule has 0 aliphatic rings. The maximum absolute atomic E-state index is 11.8. The van der Waals surface area contributed by atoms with E-state index >= 15 is 0 Å². The van der Waals surface area contributed by atoms with E-state index in [1.807, 2.05) is 32.0 Å². The number of aryl methyl sites for hydroxylation is 2. The van der Waals surface area contributed by atoms with Gasteiger partial charge in [0.2, 0.25) is 0 Å². The molecule has 0 saturated carbocycles. The lowest BCUT2D eigenvalue weighted by Gasteiger charge is -2.08. The number of methoxy groups -OCH3 is 1. The van der Waals surface area contributed by atoms with Gasteiger partial charge < -0.3 is 9.47 Å². The summed E-state index contributed by atoms with van der Waals surface area (Å²) in [4.78, 5) is 11.8. The number of benzene rings is 2. The van der Waals surface area contributed by atoms with Gasteiger partial charge in [-0.3, -0.25) is 4.79 Å². The molecule has 2 aromatic rings. The summed E-state index contributed by atoms with van der Waals surface area (Å²) in [5, 5.41) is 4.45. The van der Waals surface area contributed by atoms with Crippen LogP contribution in [0.3, 0.4) is 0 Å². The second kappa shape index (κ2) is 8.36. The first-order chi connectivity index (χ1) is 11.5. The van der Waals surface area contributed by atoms with Gasteiger partial charge in [-0.15, -0.1) is 0 Å². The minimum Gasteiger partial charge on any atom is -0.496 e. The molecule has 2 aromatic carbocycles. The molecule has 6 heteroatoms. The minimum atomic E-state index is -0.354. The Morgan fingerprint density at radius 2 is 1.96 bits per heavy atom. The van der Waals surface area contributed by atoms with Gasteiger partial charge in [0.15, 0.2) is 6.61 Å². The molecule has 2 rings (SSSR count). The molecule has 0 heterocycles. The number of carbonyl (C=O) groups is 1. The van der Waals surface area contributed by atoms with Crippen LogP contribution < -0.4 is 14.9 Å². The number of halogens is 1. The Balaban J connectivity index is 1.90. The summed E-state index contributed by atoms with van der Waals surface area (Å²) < 4.78 is 10.7. The smallest absolute Gasteiger partial charge is 0.277 e. The van der Waals surface area contributed by atoms with Crippen LogP contribution in [0.1, 0.15) is 16.7 Å². The zero-order valence-corrected chi connectivity index (χ0v) is 14.6. The second-order valence-corrected chi connectivity index (χ2v) is 5.67. The molecule has 126 valence electrons. The Hall–Kier alpha value is -2.53. The van der Waals surface area contributed by atoms with Crippen LogP contribution in [0.5, 0.6) is 11.5 Å². The van der Waals surface area contributed by atoms with Crippen LogP contribution >= 0.6 is 11.6 Å². The van der Waals surface area contributed by atoms with E-state index in [1.54, 1.807) is 25.3 Å². The van der Waals surface area contributed by atoms with Crippen LogP contribution in [-0.4, -0.2) is 25.8 Å². The first-order valence-electron chi connectivity index (χ1n) is 7.35. The molecule has 0 radical (unpaired) electrons. The van der Waals surface area contributed by atoms with Gasteiger partial charge in [-0.2, -0.15) is 5.10 Å². The summed E-state index contributed by atoms with van der Waals surface area (Å²) in [5.74, 6) is 0.937. The maximum Gasteiger partial charge on any atom is 0.277 e. The van der Waals surface area contributed by atoms with Crippen LogP contribution in [0.4, 0.5) is 0 Å². The molecule has 0 aromatic heterocycles. The van der Waals surface area contributed by atoms with E-state index < -0.39 is 0 Å². The third-order valence-corrected chi connectivity index (χ3v) is 3.51. The van der Waals surface area contributed by atoms with Crippen LogP contribution in [0, 0.1) is 13.8 Å². The highest BCUT2D eigenvalue weighted by atomic mass is 35.5. The highest BCUT2D eigenvalue weighted by molar-refractivity contribution is 6.30. The summed E-state index contributed by atoms with van der Waals surface area (Å²) in [7, 11) is 1.55. The van der Waals surface area contributed by atoms with E-state index in [1.165, 1.54) is 6.21 Å². The van der Waals surface area contributed by atoms with E-state index in [2.05, 4.69) is 10.5 Å². The van der Waals surface area contributed by atoms with Gasteiger partial charge in [0, 0.05) is 10.6 Å². The van der Waals surface area contributed by atoms with E-state index in [9.17, 15) is 4.79 Å². The molecule has 0 spiro atoms. The standard InChI is InChI=1S/C18H19ClN2O3/c1-12-4-6-16(13(2)8-12)24-11-18(22)21-20-10-14-9-15(19)5-7-17(14)23-3/h4-10H,11H2,1-3H3,(H,21,22). The van der Waals surface area contributed by atoms with Gasteiger partial charge in [0.05, 0.1) is 13.3 Å². The quantitative estimate of drug-likeness (QED) is 0.643. The fraction of sp³-hybridized carbons (Fsp3) is 0.222. The summed E-state index contributed by atoms with van der Waals surface area (Å²) in [6.07, 6.45) is 1.47. The lowest BCUT2D eigenvalue weighted by molar-refractivity contribution is -0.123. The summed E-state index contributed by atoms with van der Waals surface area (Å²) in [5.41, 5.74) is 5.20. The summed E-state index contributed by atoms with van der Waals surface area (Å²) >= 11 is 5.93. The highest BCUT2D eigenvalue weighted by Crippen LogP contribution is 2.21. The fourth-order valence-electron chi connectivity index (χ4n) is 2.12. The van der Waals surface area contributed by atoms with Crippen molar-refractivity contribution in [2.45, 2.75) is 13.8 Å². The molecule has 0 saturated heterocycles. The van der Waals surface area contributed by atoms with Crippen LogP contribution in [0.2, 0.25) is 5.02 Å². The monoisotopic (exact) mass is 346 g/mol. The summed E-state index contributed by atoms with van der Waals surface area (Å²) in [6, 6.07) is 10.9. The van der Waals surface area contributed by atoms with Crippen molar-refractivity contribution in [3.8, 4) is 11.5 Å². The number of ether oxygens (including phenoxy) is 2. The molecule has 1 N–H and O–H groups in total. The zero-order chi connectivity index (χ0) is 17.5. The van der Waals surface area contributed by atoms with Crippen molar-refractivity contribution in [2.24, 2.45) is 5.10 Å². The van der Waals surface area contributed by atoms with E-state index in [0.717, 1.165) is 11.1 Å². The van der Waals surface area contributed by atoms with Gasteiger partial charge in [0.1, 0.15) is 11.5 Å². The fourth-order valence-corrected chi connectivity index (χ4v) is 2.30. The van der Waals surface area contributed by atoms with E-state index in [-0.39, 0.29) is 12.5 Å². The number of hydrogen-bond donors (Lipinski definition) is 1. The predicted octanol–water partition coefficient (Wildman–Crippen LogP) is 3.49. The van der Waals surface area contributed by atoms with Gasteiger partial charge in [-0.25, -0.2) is 5.43 Å². The van der Waals surface area contributed by atoms with Gasteiger partial charge in [-0.1, -0.05) is 29.3 Å². The Labute approximate surface area is 146 Å². The van der Waals surface area contributed by atoms with Crippen LogP contribution in [0.15, 0.2) is 41.5 Å². The number of carbonyl (C=O) groups excluding carboxylic acids is 1. The van der Waals surface area contributed by atoms with Gasteiger partial charge in [0.25, 0.3) is 5.91 Å². The highest BCUT2D eigenvalue weighted by Gasteiger charge is 2.05. The first-order valence-corrected chi connectivity index (χ1v) is 7.73. The lowest BCUT2D eigenvalue weighted by Crippen LogP contribution is -2.24. The SMILES string of the molecule is COc1ccc(Cl)cc1C=NNC(=O)COc1ccc(C)cc1C. The molecular formula is C18H19ClN2O3. The summed E-state index contributed by atoms with van der Waals surface area (Å²) in [6.45, 7) is 3.82. The molecule has 1 amide bonds. The Morgan fingerprint density at radius 1 is 1.21 bits per heavy atom. The number of amides is 1. The Kier molecular flexibility index (Phi) is 6.21. The van der Waals surface area contributed by atoms with Gasteiger partial charge in [-0.05, 0) is 43.7 Å². The third kappa shape index (κ3) is 4.99. The number of hydrazone groups is 1. The average molecular weight is 347 g/mol. The third-order valence-electron chi connectivity index (χ3n) is 3.27. The molecule has 0 unspecified atom stereocenters. The number of nitrogens with zero attached hydrogens (tertiary/aromatic N) is 1. The first kappa shape index (κ1) is 17.8. The van der Waals surface area contributed by atoms with E-state index in [4.69, 9.17) is 21.1 Å². The van der Waals surface area contributed by atoms with Crippen molar-refractivity contribution in [2.75, 3.05) is 13.7 Å². The van der Waals surface area contributed by atoms with Crippen LogP contribution in [-0.2, 0) is 4.79 Å². The molecule has 0 aliphatic heterocycles. The van der Waals surface area contributed by atoms with Crippen molar-refractivity contribution < 1.29 is 14.3 Å². The van der Waals surface area contributed by atoms with Crippen LogP contribution in [0.25, 0.3) is 0 Å². The Bertz CT molecular complexity index is 760.